The molecule has 0 saturated carbocycles. The molecule has 2 aliphatic heterocycles. The molecule has 5 rings (SSSR count). The molecule has 0 radical (unpaired) electrons. The topological polar surface area (TPSA) is 90.6 Å². The molecule has 0 unspecified atom stereocenters. The fourth-order valence-electron chi connectivity index (χ4n) is 4.22. The molecular formula is C19H21F2N7O2. The molecule has 0 N–H and O–H groups in total. The second-order valence-corrected chi connectivity index (χ2v) is 7.50. The standard InChI is InChI=1S/C19H21F2N7O2/c1-10-24-14-3-5-27(7-13(14)18(25-10)30-19(20)21)17-16-15(12-4-6-29-8-12)26-11(2)28(16)23-9-22-17/h9,12,19H,3-8H2,1-2H3/t12-/m1/s1. The zero-order valence-corrected chi connectivity index (χ0v) is 16.7. The van der Waals surface area contributed by atoms with Crippen LogP contribution in [0.2, 0.25) is 0 Å². The lowest BCUT2D eigenvalue weighted by molar-refractivity contribution is -0.0537. The summed E-state index contributed by atoms with van der Waals surface area (Å²) >= 11 is 0. The summed E-state index contributed by atoms with van der Waals surface area (Å²) in [4.78, 5) is 19.8. The van der Waals surface area contributed by atoms with Crippen molar-refractivity contribution < 1.29 is 18.3 Å². The van der Waals surface area contributed by atoms with E-state index in [-0.39, 0.29) is 11.8 Å². The highest BCUT2D eigenvalue weighted by Gasteiger charge is 2.30. The Morgan fingerprint density at radius 2 is 2.10 bits per heavy atom. The summed E-state index contributed by atoms with van der Waals surface area (Å²) < 4.78 is 37.9. The molecule has 30 heavy (non-hydrogen) atoms. The number of fused-ring (bicyclic) bond motifs is 2. The molecule has 3 aromatic rings. The average molecular weight is 417 g/mol. The SMILES string of the molecule is Cc1nc2c(c(OC(F)F)n1)CN(c1ncnn3c(C)nc([C@@H]4CCOC4)c13)CC2. The number of rotatable bonds is 4. The number of alkyl halides is 2. The maximum Gasteiger partial charge on any atom is 0.388 e. The van der Waals surface area contributed by atoms with E-state index in [0.717, 1.165) is 29.1 Å². The largest absolute Gasteiger partial charge is 0.416 e. The van der Waals surface area contributed by atoms with Crippen molar-refractivity contribution in [3.8, 4) is 5.88 Å². The summed E-state index contributed by atoms with van der Waals surface area (Å²) in [6.07, 6.45) is 2.95. The van der Waals surface area contributed by atoms with Gasteiger partial charge in [0.25, 0.3) is 0 Å². The van der Waals surface area contributed by atoms with Crippen LogP contribution in [0.4, 0.5) is 14.6 Å². The first-order chi connectivity index (χ1) is 14.5. The molecule has 0 aromatic carbocycles. The summed E-state index contributed by atoms with van der Waals surface area (Å²) in [5.74, 6) is 2.00. The van der Waals surface area contributed by atoms with E-state index in [1.807, 2.05) is 11.8 Å². The van der Waals surface area contributed by atoms with E-state index in [2.05, 4.69) is 20.1 Å². The van der Waals surface area contributed by atoms with Crippen LogP contribution in [0.5, 0.6) is 5.88 Å². The smallest absolute Gasteiger partial charge is 0.388 e. The average Bonchev–Trinajstić information content (AvgIpc) is 3.35. The maximum absolute atomic E-state index is 12.9. The van der Waals surface area contributed by atoms with Crippen molar-refractivity contribution in [2.24, 2.45) is 0 Å². The quantitative estimate of drug-likeness (QED) is 0.638. The number of anilines is 1. The van der Waals surface area contributed by atoms with Gasteiger partial charge in [0, 0.05) is 25.5 Å². The fraction of sp³-hybridized carbons (Fsp3) is 0.526. The van der Waals surface area contributed by atoms with E-state index >= 15 is 0 Å². The third kappa shape index (κ3) is 3.22. The van der Waals surface area contributed by atoms with Gasteiger partial charge in [-0.15, -0.1) is 0 Å². The van der Waals surface area contributed by atoms with Crippen molar-refractivity contribution in [2.45, 2.75) is 45.8 Å². The van der Waals surface area contributed by atoms with Crippen molar-refractivity contribution in [1.29, 1.82) is 0 Å². The summed E-state index contributed by atoms with van der Waals surface area (Å²) in [6, 6.07) is 0. The van der Waals surface area contributed by atoms with E-state index in [4.69, 9.17) is 14.5 Å². The van der Waals surface area contributed by atoms with Crippen LogP contribution in [0.3, 0.4) is 0 Å². The Kier molecular flexibility index (Phi) is 4.69. The zero-order chi connectivity index (χ0) is 20.8. The first-order valence-corrected chi connectivity index (χ1v) is 9.85. The third-order valence-electron chi connectivity index (χ3n) is 5.55. The number of hydrogen-bond donors (Lipinski definition) is 0. The molecule has 0 aliphatic carbocycles. The molecule has 158 valence electrons. The van der Waals surface area contributed by atoms with E-state index in [1.165, 1.54) is 6.33 Å². The fourth-order valence-corrected chi connectivity index (χ4v) is 4.22. The Hall–Kier alpha value is -2.95. The Labute approximate surface area is 171 Å². The molecule has 5 heterocycles. The van der Waals surface area contributed by atoms with Crippen LogP contribution < -0.4 is 9.64 Å². The van der Waals surface area contributed by atoms with Gasteiger partial charge in [-0.05, 0) is 20.3 Å². The van der Waals surface area contributed by atoms with Crippen LogP contribution in [-0.2, 0) is 17.7 Å². The lowest BCUT2D eigenvalue weighted by Gasteiger charge is -2.30. The first-order valence-electron chi connectivity index (χ1n) is 9.85. The minimum atomic E-state index is -2.95. The van der Waals surface area contributed by atoms with Gasteiger partial charge in [0.1, 0.15) is 23.5 Å². The van der Waals surface area contributed by atoms with Crippen LogP contribution in [0, 0.1) is 13.8 Å². The normalized spacial score (nSPS) is 19.0. The molecule has 9 nitrogen and oxygen atoms in total. The van der Waals surface area contributed by atoms with E-state index in [9.17, 15) is 8.78 Å². The van der Waals surface area contributed by atoms with Gasteiger partial charge in [0.2, 0.25) is 5.88 Å². The van der Waals surface area contributed by atoms with Gasteiger partial charge in [-0.2, -0.15) is 18.9 Å². The molecule has 0 amide bonds. The highest BCUT2D eigenvalue weighted by molar-refractivity contribution is 5.73. The Morgan fingerprint density at radius 1 is 1.23 bits per heavy atom. The molecule has 0 spiro atoms. The first kappa shape index (κ1) is 19.0. The van der Waals surface area contributed by atoms with E-state index < -0.39 is 6.61 Å². The number of aryl methyl sites for hydroxylation is 2. The summed E-state index contributed by atoms with van der Waals surface area (Å²) in [5.41, 5.74) is 3.04. The van der Waals surface area contributed by atoms with Gasteiger partial charge < -0.3 is 14.4 Å². The van der Waals surface area contributed by atoms with Crippen molar-refractivity contribution >= 4 is 11.3 Å². The minimum absolute atomic E-state index is 0.0728. The Bertz CT molecular complexity index is 1100. The number of hydrogen-bond acceptors (Lipinski definition) is 8. The van der Waals surface area contributed by atoms with Gasteiger partial charge in [-0.3, -0.25) is 0 Å². The van der Waals surface area contributed by atoms with Crippen LogP contribution >= 0.6 is 0 Å². The number of imidazole rings is 1. The monoisotopic (exact) mass is 417 g/mol. The molecular weight excluding hydrogens is 396 g/mol. The number of halogens is 2. The van der Waals surface area contributed by atoms with Gasteiger partial charge >= 0.3 is 6.61 Å². The molecule has 0 bridgehead atoms. The van der Waals surface area contributed by atoms with Crippen LogP contribution in [0.25, 0.3) is 5.52 Å². The van der Waals surface area contributed by atoms with Crippen molar-refractivity contribution in [2.75, 3.05) is 24.7 Å². The lowest BCUT2D eigenvalue weighted by Crippen LogP contribution is -2.33. The number of nitrogens with zero attached hydrogens (tertiary/aromatic N) is 7. The van der Waals surface area contributed by atoms with Crippen LogP contribution in [0.1, 0.15) is 40.9 Å². The summed E-state index contributed by atoms with van der Waals surface area (Å²) in [7, 11) is 0. The van der Waals surface area contributed by atoms with Gasteiger partial charge in [-0.25, -0.2) is 19.5 Å². The third-order valence-corrected chi connectivity index (χ3v) is 5.55. The Morgan fingerprint density at radius 3 is 2.87 bits per heavy atom. The zero-order valence-electron chi connectivity index (χ0n) is 16.7. The molecule has 3 aromatic heterocycles. The van der Waals surface area contributed by atoms with Crippen LogP contribution in [0.15, 0.2) is 6.33 Å². The second kappa shape index (κ2) is 7.38. The van der Waals surface area contributed by atoms with Crippen molar-refractivity contribution in [3.05, 3.63) is 34.9 Å². The minimum Gasteiger partial charge on any atom is -0.416 e. The summed E-state index contributed by atoms with van der Waals surface area (Å²) in [5, 5.41) is 4.37. The molecule has 11 heteroatoms. The molecule has 1 fully saturated rings. The van der Waals surface area contributed by atoms with Crippen molar-refractivity contribution in [3.63, 3.8) is 0 Å². The van der Waals surface area contributed by atoms with Crippen molar-refractivity contribution in [1.82, 2.24) is 29.5 Å². The van der Waals surface area contributed by atoms with Gasteiger partial charge in [-0.1, -0.05) is 0 Å². The molecule has 2 aliphatic rings. The number of ether oxygens (including phenoxy) is 2. The second-order valence-electron chi connectivity index (χ2n) is 7.50. The highest BCUT2D eigenvalue weighted by atomic mass is 19.3. The number of aromatic nitrogens is 6. The predicted molar refractivity (Wildman–Crippen MR) is 102 cm³/mol. The lowest BCUT2D eigenvalue weighted by atomic mass is 10.0. The predicted octanol–water partition coefficient (Wildman–Crippen LogP) is 2.20. The molecule has 1 saturated heterocycles. The van der Waals surface area contributed by atoms with Crippen LogP contribution in [-0.4, -0.2) is 55.9 Å². The highest BCUT2D eigenvalue weighted by Crippen LogP contribution is 2.35. The van der Waals surface area contributed by atoms with E-state index in [1.54, 1.807) is 11.4 Å². The van der Waals surface area contributed by atoms with Gasteiger partial charge in [0.15, 0.2) is 5.82 Å². The molecule has 1 atom stereocenters. The van der Waals surface area contributed by atoms with Gasteiger partial charge in [0.05, 0.1) is 30.1 Å². The maximum atomic E-state index is 12.9. The Balaban J connectivity index is 1.58. The summed E-state index contributed by atoms with van der Waals surface area (Å²) in [6.45, 7) is 2.89. The van der Waals surface area contributed by atoms with E-state index in [0.29, 0.717) is 49.9 Å².